The van der Waals surface area contributed by atoms with Gasteiger partial charge in [-0.05, 0) is 15.9 Å². The first-order valence-corrected chi connectivity index (χ1v) is 4.29. The van der Waals surface area contributed by atoms with Crippen molar-refractivity contribution in [3.63, 3.8) is 0 Å². The van der Waals surface area contributed by atoms with E-state index < -0.39 is 0 Å². The lowest BCUT2D eigenvalue weighted by molar-refractivity contribution is 0.0925. The first-order chi connectivity index (χ1) is 5.70. The van der Waals surface area contributed by atoms with Gasteiger partial charge >= 0.3 is 0 Å². The molecule has 1 amide bonds. The van der Waals surface area contributed by atoms with E-state index in [1.807, 2.05) is 0 Å². The lowest BCUT2D eigenvalue weighted by Crippen LogP contribution is -2.35. The van der Waals surface area contributed by atoms with E-state index in [4.69, 9.17) is 5.73 Å². The van der Waals surface area contributed by atoms with E-state index in [1.165, 1.54) is 0 Å². The minimum absolute atomic E-state index is 0.156. The normalized spacial score (nSPS) is 15.6. The highest BCUT2D eigenvalue weighted by Crippen LogP contribution is 2.23. The number of hydrogen-bond donors (Lipinski definition) is 2. The fourth-order valence-electron chi connectivity index (χ4n) is 1.21. The number of fused-ring (bicyclic) bond motifs is 1. The second-order valence-electron chi connectivity index (χ2n) is 2.53. The molecule has 6 heteroatoms. The average molecular weight is 231 g/mol. The van der Waals surface area contributed by atoms with Crippen LogP contribution in [0.5, 0.6) is 0 Å². The third-order valence-electron chi connectivity index (χ3n) is 1.77. The number of amides is 1. The molecule has 0 fully saturated rings. The second-order valence-corrected chi connectivity index (χ2v) is 3.28. The third-order valence-corrected chi connectivity index (χ3v) is 2.35. The lowest BCUT2D eigenvalue weighted by Gasteiger charge is -2.13. The van der Waals surface area contributed by atoms with Crippen LogP contribution in [0.4, 0.5) is 5.69 Å². The summed E-state index contributed by atoms with van der Waals surface area (Å²) in [6.45, 7) is 1.29. The van der Waals surface area contributed by atoms with Gasteiger partial charge in [0, 0.05) is 6.54 Å². The molecular weight excluding hydrogens is 224 g/mol. The molecule has 0 aliphatic carbocycles. The molecule has 0 bridgehead atoms. The lowest BCUT2D eigenvalue weighted by atomic mass is 10.3. The number of nitrogen functional groups attached to an aromatic ring is 1. The van der Waals surface area contributed by atoms with Crippen LogP contribution in [0.15, 0.2) is 4.60 Å². The number of rotatable bonds is 0. The molecule has 0 atom stereocenters. The van der Waals surface area contributed by atoms with E-state index in [0.717, 1.165) is 0 Å². The van der Waals surface area contributed by atoms with Crippen molar-refractivity contribution in [3.8, 4) is 0 Å². The van der Waals surface area contributed by atoms with Crippen LogP contribution in [0.25, 0.3) is 0 Å². The van der Waals surface area contributed by atoms with Gasteiger partial charge in [-0.15, -0.1) is 0 Å². The van der Waals surface area contributed by atoms with Crippen molar-refractivity contribution in [3.05, 3.63) is 10.3 Å². The summed E-state index contributed by atoms with van der Waals surface area (Å²) in [7, 11) is 0. The van der Waals surface area contributed by atoms with Crippen molar-refractivity contribution in [2.75, 3.05) is 12.3 Å². The summed E-state index contributed by atoms with van der Waals surface area (Å²) >= 11 is 3.17. The fraction of sp³-hybridized carbons (Fsp3) is 0.333. The first kappa shape index (κ1) is 7.60. The van der Waals surface area contributed by atoms with Crippen molar-refractivity contribution in [1.82, 2.24) is 15.1 Å². The van der Waals surface area contributed by atoms with E-state index in [2.05, 4.69) is 26.3 Å². The molecular formula is C6H7BrN4O. The Hall–Kier alpha value is -1.04. The summed E-state index contributed by atoms with van der Waals surface area (Å²) in [6, 6.07) is 0. The molecule has 1 aromatic rings. The number of halogens is 1. The van der Waals surface area contributed by atoms with E-state index in [1.54, 1.807) is 4.68 Å². The van der Waals surface area contributed by atoms with Crippen molar-refractivity contribution >= 4 is 27.5 Å². The molecule has 0 saturated carbocycles. The molecule has 0 unspecified atom stereocenters. The zero-order valence-electron chi connectivity index (χ0n) is 6.17. The maximum absolute atomic E-state index is 11.2. The number of aromatic nitrogens is 2. The van der Waals surface area contributed by atoms with Gasteiger partial charge < -0.3 is 11.1 Å². The number of nitrogens with one attached hydrogen (secondary N) is 1. The first-order valence-electron chi connectivity index (χ1n) is 3.50. The molecule has 0 aromatic carbocycles. The highest BCUT2D eigenvalue weighted by molar-refractivity contribution is 9.10. The Morgan fingerprint density at radius 2 is 2.42 bits per heavy atom. The number of carbonyl (C=O) groups excluding carboxylic acids is 1. The number of hydrogen-bond acceptors (Lipinski definition) is 3. The van der Waals surface area contributed by atoms with E-state index >= 15 is 0 Å². The standard InChI is InChI=1S/C6H7BrN4O/c7-5-3(8)4-6(12)9-1-2-11(4)10-5/h1-2,8H2,(H,9,12). The number of anilines is 1. The zero-order chi connectivity index (χ0) is 8.72. The Morgan fingerprint density at radius 3 is 3.08 bits per heavy atom. The Kier molecular flexibility index (Phi) is 1.57. The molecule has 5 nitrogen and oxygen atoms in total. The van der Waals surface area contributed by atoms with Crippen molar-refractivity contribution in [2.24, 2.45) is 0 Å². The Balaban J connectivity index is 2.61. The van der Waals surface area contributed by atoms with Gasteiger partial charge in [-0.1, -0.05) is 0 Å². The highest BCUT2D eigenvalue weighted by Gasteiger charge is 2.23. The molecule has 0 spiro atoms. The predicted molar refractivity (Wildman–Crippen MR) is 46.7 cm³/mol. The maximum Gasteiger partial charge on any atom is 0.271 e. The molecule has 1 aromatic heterocycles. The quantitative estimate of drug-likeness (QED) is 0.658. The number of carbonyl (C=O) groups is 1. The third kappa shape index (κ3) is 0.911. The van der Waals surface area contributed by atoms with Crippen molar-refractivity contribution in [2.45, 2.75) is 6.54 Å². The molecule has 1 aliphatic heterocycles. The van der Waals surface area contributed by atoms with E-state index in [0.29, 0.717) is 29.1 Å². The molecule has 2 rings (SSSR count). The Labute approximate surface area is 77.0 Å². The molecule has 2 heterocycles. The van der Waals surface area contributed by atoms with Crippen LogP contribution in [0.1, 0.15) is 10.5 Å². The summed E-state index contributed by atoms with van der Waals surface area (Å²) in [5.41, 5.74) is 6.48. The van der Waals surface area contributed by atoms with Gasteiger partial charge in [-0.2, -0.15) is 5.10 Å². The number of nitrogens with two attached hydrogens (primary N) is 1. The van der Waals surface area contributed by atoms with Gasteiger partial charge in [0.05, 0.1) is 12.2 Å². The van der Waals surface area contributed by atoms with Crippen LogP contribution >= 0.6 is 15.9 Å². The molecule has 3 N–H and O–H groups in total. The summed E-state index contributed by atoms with van der Waals surface area (Å²) in [6.07, 6.45) is 0. The van der Waals surface area contributed by atoms with Crippen LogP contribution in [-0.4, -0.2) is 22.2 Å². The van der Waals surface area contributed by atoms with Crippen molar-refractivity contribution < 1.29 is 4.79 Å². The van der Waals surface area contributed by atoms with Gasteiger partial charge in [-0.3, -0.25) is 9.48 Å². The predicted octanol–water partition coefficient (Wildman–Crippen LogP) is -0.0288. The molecule has 64 valence electrons. The summed E-state index contributed by atoms with van der Waals surface area (Å²) < 4.78 is 2.15. The van der Waals surface area contributed by atoms with Gasteiger partial charge in [0.2, 0.25) is 0 Å². The molecule has 0 saturated heterocycles. The monoisotopic (exact) mass is 230 g/mol. The second kappa shape index (κ2) is 2.48. The maximum atomic E-state index is 11.2. The van der Waals surface area contributed by atoms with Gasteiger partial charge in [0.25, 0.3) is 5.91 Å². The molecule has 12 heavy (non-hydrogen) atoms. The van der Waals surface area contributed by atoms with Crippen LogP contribution in [0.3, 0.4) is 0 Å². The average Bonchev–Trinajstić information content (AvgIpc) is 2.29. The van der Waals surface area contributed by atoms with E-state index in [9.17, 15) is 4.79 Å². The topological polar surface area (TPSA) is 72.9 Å². The Bertz CT molecular complexity index is 346. The summed E-state index contributed by atoms with van der Waals surface area (Å²) in [5, 5.41) is 6.74. The minimum atomic E-state index is -0.156. The van der Waals surface area contributed by atoms with Gasteiger partial charge in [0.15, 0.2) is 4.60 Å². The fourth-order valence-corrected chi connectivity index (χ4v) is 1.59. The number of nitrogens with zero attached hydrogens (tertiary/aromatic N) is 2. The SMILES string of the molecule is Nc1c(Br)nn2c1C(=O)NCC2. The van der Waals surface area contributed by atoms with Crippen LogP contribution < -0.4 is 11.1 Å². The molecule has 1 aliphatic rings. The van der Waals surface area contributed by atoms with Crippen LogP contribution in [-0.2, 0) is 6.54 Å². The zero-order valence-corrected chi connectivity index (χ0v) is 7.76. The molecule has 0 radical (unpaired) electrons. The van der Waals surface area contributed by atoms with Gasteiger partial charge in [-0.25, -0.2) is 0 Å². The summed E-state index contributed by atoms with van der Waals surface area (Å²) in [4.78, 5) is 11.2. The van der Waals surface area contributed by atoms with Crippen LogP contribution in [0, 0.1) is 0 Å². The highest BCUT2D eigenvalue weighted by atomic mass is 79.9. The summed E-state index contributed by atoms with van der Waals surface area (Å²) in [5.74, 6) is -0.156. The van der Waals surface area contributed by atoms with Crippen LogP contribution in [0.2, 0.25) is 0 Å². The smallest absolute Gasteiger partial charge is 0.271 e. The van der Waals surface area contributed by atoms with Crippen molar-refractivity contribution in [1.29, 1.82) is 0 Å². The van der Waals surface area contributed by atoms with E-state index in [-0.39, 0.29) is 5.91 Å². The minimum Gasteiger partial charge on any atom is -0.395 e. The largest absolute Gasteiger partial charge is 0.395 e. The van der Waals surface area contributed by atoms with Gasteiger partial charge in [0.1, 0.15) is 5.69 Å². The Morgan fingerprint density at radius 1 is 1.67 bits per heavy atom.